The first-order chi connectivity index (χ1) is 15.5. The zero-order chi connectivity index (χ0) is 22.7. The first kappa shape index (κ1) is 21.5. The van der Waals surface area contributed by atoms with E-state index >= 15 is 0 Å². The van der Waals surface area contributed by atoms with Crippen molar-refractivity contribution in [2.24, 2.45) is 0 Å². The lowest BCUT2D eigenvalue weighted by molar-refractivity contribution is -0.140. The molecule has 0 radical (unpaired) electrons. The summed E-state index contributed by atoms with van der Waals surface area (Å²) in [5, 5.41) is 3.03. The quantitative estimate of drug-likeness (QED) is 0.723. The number of carbonyl (C=O) groups excluding carboxylic acids is 3. The van der Waals surface area contributed by atoms with E-state index in [0.717, 1.165) is 0 Å². The number of hydrogen-bond donors (Lipinski definition) is 1. The molecule has 32 heavy (non-hydrogen) atoms. The lowest BCUT2D eigenvalue weighted by atomic mass is 10.0. The number of nitrogens with zero attached hydrogens (tertiary/aromatic N) is 2. The van der Waals surface area contributed by atoms with Crippen LogP contribution in [0, 0.1) is 5.82 Å². The summed E-state index contributed by atoms with van der Waals surface area (Å²) < 4.78 is 18.4. The second-order valence-electron chi connectivity index (χ2n) is 7.65. The van der Waals surface area contributed by atoms with Crippen molar-refractivity contribution in [3.63, 3.8) is 0 Å². The number of imide groups is 1. The van der Waals surface area contributed by atoms with Gasteiger partial charge >= 0.3 is 6.09 Å². The molecule has 0 unspecified atom stereocenters. The van der Waals surface area contributed by atoms with Crippen molar-refractivity contribution in [3.8, 4) is 0 Å². The lowest BCUT2D eigenvalue weighted by Gasteiger charge is -2.35. The summed E-state index contributed by atoms with van der Waals surface area (Å²) in [5.41, 5.74) is 1.59. The normalized spacial score (nSPS) is 17.2. The van der Waals surface area contributed by atoms with Gasteiger partial charge in [-0.15, -0.1) is 0 Å². The first-order valence-electron chi connectivity index (χ1n) is 10.6. The molecule has 2 aromatic carbocycles. The highest BCUT2D eigenvalue weighted by Crippen LogP contribution is 2.34. The highest BCUT2D eigenvalue weighted by Gasteiger charge is 2.44. The van der Waals surface area contributed by atoms with Gasteiger partial charge in [-0.2, -0.15) is 0 Å². The van der Waals surface area contributed by atoms with Crippen LogP contribution in [0.1, 0.15) is 25.3 Å². The molecule has 166 valence electrons. The number of halogens is 1. The second-order valence-corrected chi connectivity index (χ2v) is 7.65. The second kappa shape index (κ2) is 9.21. The standard InChI is InChI=1S/C24H24FN3O4/c1-2-32-24(31)27-14-12-19(13-15-27)28-22(29)20(16-6-4-3-5-7-16)21(23(28)30)26-18-10-8-17(25)9-11-18/h3-11,19,26H,2,12-15H2,1H3. The smallest absolute Gasteiger partial charge is 0.409 e. The SMILES string of the molecule is CCOC(=O)N1CCC(N2C(=O)C(Nc3ccc(F)cc3)=C(c3ccccc3)C2=O)CC1. The lowest BCUT2D eigenvalue weighted by Crippen LogP contribution is -2.49. The van der Waals surface area contributed by atoms with E-state index in [-0.39, 0.29) is 29.3 Å². The van der Waals surface area contributed by atoms with Gasteiger partial charge in [0.25, 0.3) is 11.8 Å². The molecule has 0 spiro atoms. The highest BCUT2D eigenvalue weighted by atomic mass is 19.1. The van der Waals surface area contributed by atoms with Gasteiger partial charge in [0.1, 0.15) is 11.5 Å². The molecule has 0 bridgehead atoms. The highest BCUT2D eigenvalue weighted by molar-refractivity contribution is 6.36. The number of hydrogen-bond acceptors (Lipinski definition) is 5. The Bertz CT molecular complexity index is 1040. The van der Waals surface area contributed by atoms with Crippen LogP contribution in [0.4, 0.5) is 14.9 Å². The van der Waals surface area contributed by atoms with E-state index < -0.39 is 11.7 Å². The molecule has 0 aliphatic carbocycles. The van der Waals surface area contributed by atoms with Gasteiger partial charge in [0, 0.05) is 24.8 Å². The summed E-state index contributed by atoms with van der Waals surface area (Å²) in [6, 6.07) is 14.3. The summed E-state index contributed by atoms with van der Waals surface area (Å²) >= 11 is 0. The molecular weight excluding hydrogens is 413 g/mol. The van der Waals surface area contributed by atoms with E-state index in [4.69, 9.17) is 4.74 Å². The van der Waals surface area contributed by atoms with Crippen LogP contribution in [0.25, 0.3) is 5.57 Å². The maximum atomic E-state index is 13.4. The van der Waals surface area contributed by atoms with Gasteiger partial charge in [-0.05, 0) is 49.6 Å². The van der Waals surface area contributed by atoms with Gasteiger partial charge in [-0.1, -0.05) is 30.3 Å². The summed E-state index contributed by atoms with van der Waals surface area (Å²) in [6.07, 6.45) is 0.566. The van der Waals surface area contributed by atoms with E-state index in [0.29, 0.717) is 43.8 Å². The molecule has 4 rings (SSSR count). The van der Waals surface area contributed by atoms with Crippen LogP contribution in [0.2, 0.25) is 0 Å². The minimum Gasteiger partial charge on any atom is -0.450 e. The van der Waals surface area contributed by atoms with E-state index in [1.54, 1.807) is 36.1 Å². The molecule has 2 aliphatic heterocycles. The van der Waals surface area contributed by atoms with Gasteiger partial charge in [0.05, 0.1) is 12.2 Å². The zero-order valence-electron chi connectivity index (χ0n) is 17.7. The predicted molar refractivity (Wildman–Crippen MR) is 117 cm³/mol. The van der Waals surface area contributed by atoms with Crippen molar-refractivity contribution in [2.75, 3.05) is 25.0 Å². The van der Waals surface area contributed by atoms with Crippen molar-refractivity contribution in [1.29, 1.82) is 0 Å². The number of benzene rings is 2. The third kappa shape index (κ3) is 4.21. The molecule has 2 heterocycles. The first-order valence-corrected chi connectivity index (χ1v) is 10.6. The number of carbonyl (C=O) groups is 3. The van der Waals surface area contributed by atoms with Crippen LogP contribution in [0.3, 0.4) is 0 Å². The number of nitrogens with one attached hydrogen (secondary N) is 1. The van der Waals surface area contributed by atoms with E-state index in [2.05, 4.69) is 5.32 Å². The fraction of sp³-hybridized carbons (Fsp3) is 0.292. The van der Waals surface area contributed by atoms with Crippen LogP contribution in [0.5, 0.6) is 0 Å². The molecule has 0 saturated carbocycles. The van der Waals surface area contributed by atoms with E-state index in [1.165, 1.54) is 29.2 Å². The molecule has 8 heteroatoms. The van der Waals surface area contributed by atoms with E-state index in [9.17, 15) is 18.8 Å². The van der Waals surface area contributed by atoms with Crippen LogP contribution in [-0.4, -0.2) is 53.4 Å². The largest absolute Gasteiger partial charge is 0.450 e. The third-order valence-electron chi connectivity index (χ3n) is 5.65. The maximum Gasteiger partial charge on any atom is 0.409 e. The van der Waals surface area contributed by atoms with Gasteiger partial charge in [0.2, 0.25) is 0 Å². The number of anilines is 1. The summed E-state index contributed by atoms with van der Waals surface area (Å²) in [6.45, 7) is 2.85. The van der Waals surface area contributed by atoms with Crippen molar-refractivity contribution < 1.29 is 23.5 Å². The molecular formula is C24H24FN3O4. The van der Waals surface area contributed by atoms with Crippen LogP contribution < -0.4 is 5.32 Å². The third-order valence-corrected chi connectivity index (χ3v) is 5.65. The number of rotatable bonds is 5. The van der Waals surface area contributed by atoms with E-state index in [1.807, 2.05) is 6.07 Å². The summed E-state index contributed by atoms with van der Waals surface area (Å²) in [5.74, 6) is -1.19. The molecule has 0 atom stereocenters. The van der Waals surface area contributed by atoms with Crippen molar-refractivity contribution >= 4 is 29.2 Å². The van der Waals surface area contributed by atoms with Crippen molar-refractivity contribution in [2.45, 2.75) is 25.8 Å². The minimum absolute atomic E-state index is 0.167. The molecule has 2 aliphatic rings. The Labute approximate surface area is 185 Å². The van der Waals surface area contributed by atoms with Crippen molar-refractivity contribution in [3.05, 3.63) is 71.7 Å². The zero-order valence-corrected chi connectivity index (χ0v) is 17.7. The van der Waals surface area contributed by atoms with Gasteiger partial charge in [-0.25, -0.2) is 9.18 Å². The molecule has 1 fully saturated rings. The fourth-order valence-corrected chi connectivity index (χ4v) is 4.07. The molecule has 7 nitrogen and oxygen atoms in total. The number of likely N-dealkylation sites (tertiary alicyclic amines) is 1. The predicted octanol–water partition coefficient (Wildman–Crippen LogP) is 3.64. The Morgan fingerprint density at radius 1 is 1.03 bits per heavy atom. The average molecular weight is 437 g/mol. The minimum atomic E-state index is -0.423. The average Bonchev–Trinajstić information content (AvgIpc) is 3.05. The van der Waals surface area contributed by atoms with Gasteiger partial charge in [0.15, 0.2) is 0 Å². The number of amides is 3. The Kier molecular flexibility index (Phi) is 6.20. The molecule has 3 amide bonds. The molecule has 0 aromatic heterocycles. The fourth-order valence-electron chi connectivity index (χ4n) is 4.07. The molecule has 2 aromatic rings. The van der Waals surface area contributed by atoms with Crippen LogP contribution in [0.15, 0.2) is 60.3 Å². The Hall–Kier alpha value is -3.68. The number of ether oxygens (including phenoxy) is 1. The maximum absolute atomic E-state index is 13.4. The molecule has 1 saturated heterocycles. The summed E-state index contributed by atoms with van der Waals surface area (Å²) in [4.78, 5) is 41.7. The Morgan fingerprint density at radius 3 is 2.31 bits per heavy atom. The monoisotopic (exact) mass is 437 g/mol. The number of piperidine rings is 1. The van der Waals surface area contributed by atoms with Crippen LogP contribution >= 0.6 is 0 Å². The Morgan fingerprint density at radius 2 is 1.69 bits per heavy atom. The Balaban J connectivity index is 1.60. The van der Waals surface area contributed by atoms with Gasteiger partial charge in [-0.3, -0.25) is 14.5 Å². The van der Waals surface area contributed by atoms with Crippen molar-refractivity contribution in [1.82, 2.24) is 9.80 Å². The van der Waals surface area contributed by atoms with Gasteiger partial charge < -0.3 is 15.0 Å². The topological polar surface area (TPSA) is 79.0 Å². The molecule has 1 N–H and O–H groups in total. The van der Waals surface area contributed by atoms with Crippen LogP contribution in [-0.2, 0) is 14.3 Å². The summed E-state index contributed by atoms with van der Waals surface area (Å²) in [7, 11) is 0.